The highest BCUT2D eigenvalue weighted by molar-refractivity contribution is 5.94. The van der Waals surface area contributed by atoms with Crippen molar-refractivity contribution >= 4 is 28.6 Å². The lowest BCUT2D eigenvalue weighted by Crippen LogP contribution is -2.50. The molecule has 0 aliphatic rings. The fraction of sp³-hybridized carbons (Fsp3) is 0.400. The summed E-state index contributed by atoms with van der Waals surface area (Å²) in [6.45, 7) is 10.5. The molecule has 0 saturated carbocycles. The molecule has 140 valence electrons. The third-order valence-electron chi connectivity index (χ3n) is 3.17. The average Bonchev–Trinajstić information content (AvgIpc) is 2.48. The van der Waals surface area contributed by atoms with Gasteiger partial charge in [0.25, 0.3) is 0 Å². The van der Waals surface area contributed by atoms with Crippen LogP contribution >= 0.6 is 0 Å². The first-order valence-corrected chi connectivity index (χ1v) is 8.46. The van der Waals surface area contributed by atoms with Crippen LogP contribution in [-0.2, 0) is 9.47 Å². The van der Waals surface area contributed by atoms with Crippen molar-refractivity contribution in [1.82, 2.24) is 5.43 Å². The third kappa shape index (κ3) is 5.65. The van der Waals surface area contributed by atoms with E-state index in [2.05, 4.69) is 5.43 Å². The molecule has 0 saturated heterocycles. The molecule has 0 unspecified atom stereocenters. The minimum absolute atomic E-state index is 0.476. The molecule has 2 rings (SSSR count). The molecule has 0 radical (unpaired) electrons. The van der Waals surface area contributed by atoms with Crippen molar-refractivity contribution in [3.05, 3.63) is 42.5 Å². The monoisotopic (exact) mass is 358 g/mol. The van der Waals surface area contributed by atoms with E-state index in [1.54, 1.807) is 53.7 Å². The van der Waals surface area contributed by atoms with Gasteiger partial charge >= 0.3 is 12.2 Å². The first-order valence-electron chi connectivity index (χ1n) is 8.46. The molecule has 0 fully saturated rings. The van der Waals surface area contributed by atoms with Gasteiger partial charge in [-0.15, -0.1) is 0 Å². The van der Waals surface area contributed by atoms with Gasteiger partial charge in [0.15, 0.2) is 0 Å². The largest absolute Gasteiger partial charge is 0.443 e. The normalized spacial score (nSPS) is 11.8. The van der Waals surface area contributed by atoms with Crippen molar-refractivity contribution in [2.45, 2.75) is 52.7 Å². The predicted molar refractivity (Wildman–Crippen MR) is 102 cm³/mol. The fourth-order valence-corrected chi connectivity index (χ4v) is 2.23. The molecule has 0 spiro atoms. The van der Waals surface area contributed by atoms with Crippen LogP contribution < -0.4 is 10.4 Å². The summed E-state index contributed by atoms with van der Waals surface area (Å²) in [5, 5.41) is 3.02. The molecule has 0 aromatic heterocycles. The summed E-state index contributed by atoms with van der Waals surface area (Å²) in [5.74, 6) is 0. The number of benzene rings is 2. The first-order chi connectivity index (χ1) is 11.9. The highest BCUT2D eigenvalue weighted by atomic mass is 16.6. The van der Waals surface area contributed by atoms with Gasteiger partial charge in [-0.05, 0) is 64.4 Å². The minimum Gasteiger partial charge on any atom is -0.443 e. The standard InChI is InChI=1S/C20H26N2O4/c1-19(2,3)25-17(23)21-22(18(24)26-20(4,5)6)16-12-11-14-9-7-8-10-15(14)13-16/h7-13H,1-6H3,(H,21,23). The number of fused-ring (bicyclic) bond motifs is 1. The number of carbonyl (C=O) groups is 2. The molecule has 0 aliphatic heterocycles. The molecule has 2 amide bonds. The summed E-state index contributed by atoms with van der Waals surface area (Å²) in [6, 6.07) is 13.2. The average molecular weight is 358 g/mol. The Balaban J connectivity index is 2.34. The number of nitrogens with one attached hydrogen (secondary N) is 1. The molecule has 1 N–H and O–H groups in total. The summed E-state index contributed by atoms with van der Waals surface area (Å²) < 4.78 is 10.7. The van der Waals surface area contributed by atoms with E-state index in [1.807, 2.05) is 30.3 Å². The third-order valence-corrected chi connectivity index (χ3v) is 3.17. The highest BCUT2D eigenvalue weighted by Crippen LogP contribution is 2.23. The van der Waals surface area contributed by atoms with Crippen molar-refractivity contribution in [3.8, 4) is 0 Å². The number of hydrogen-bond donors (Lipinski definition) is 1. The van der Waals surface area contributed by atoms with Crippen molar-refractivity contribution in [1.29, 1.82) is 0 Å². The van der Waals surface area contributed by atoms with Crippen molar-refractivity contribution in [3.63, 3.8) is 0 Å². The first kappa shape index (κ1) is 19.6. The molecule has 6 nitrogen and oxygen atoms in total. The maximum absolute atomic E-state index is 12.6. The second kappa shape index (κ2) is 7.23. The van der Waals surface area contributed by atoms with Crippen LogP contribution in [0.15, 0.2) is 42.5 Å². The summed E-state index contributed by atoms with van der Waals surface area (Å²) >= 11 is 0. The van der Waals surface area contributed by atoms with Crippen LogP contribution in [0.1, 0.15) is 41.5 Å². The zero-order valence-electron chi connectivity index (χ0n) is 16.1. The Morgan fingerprint density at radius 3 is 2.00 bits per heavy atom. The smallest absolute Gasteiger partial charge is 0.434 e. The number of carbonyl (C=O) groups excluding carboxylic acids is 2. The Morgan fingerprint density at radius 1 is 0.846 bits per heavy atom. The van der Waals surface area contributed by atoms with Crippen molar-refractivity contribution in [2.24, 2.45) is 0 Å². The zero-order valence-corrected chi connectivity index (χ0v) is 16.1. The van der Waals surface area contributed by atoms with Crippen LogP contribution in [0.25, 0.3) is 10.8 Å². The Hall–Kier alpha value is -2.76. The van der Waals surface area contributed by atoms with E-state index in [9.17, 15) is 9.59 Å². The van der Waals surface area contributed by atoms with E-state index in [0.717, 1.165) is 15.8 Å². The molecule has 2 aromatic carbocycles. The summed E-state index contributed by atoms with van der Waals surface area (Å²) in [6.07, 6.45) is -1.44. The second-order valence-corrected chi connectivity index (χ2v) is 7.96. The topological polar surface area (TPSA) is 67.9 Å². The zero-order chi connectivity index (χ0) is 19.5. The van der Waals surface area contributed by atoms with Crippen LogP contribution in [0.5, 0.6) is 0 Å². The molecule has 6 heteroatoms. The Labute approximate surface area is 154 Å². The summed E-state index contributed by atoms with van der Waals surface area (Å²) in [5.41, 5.74) is 1.56. The second-order valence-electron chi connectivity index (χ2n) is 7.96. The quantitative estimate of drug-likeness (QED) is 0.727. The summed E-state index contributed by atoms with van der Waals surface area (Å²) in [7, 11) is 0. The number of rotatable bonds is 1. The van der Waals surface area contributed by atoms with Crippen LogP contribution in [0.2, 0.25) is 0 Å². The van der Waals surface area contributed by atoms with E-state index >= 15 is 0 Å². The molecule has 0 heterocycles. The number of amides is 2. The van der Waals surface area contributed by atoms with Crippen LogP contribution in [0.3, 0.4) is 0 Å². The number of hydrazine groups is 1. The molecular weight excluding hydrogens is 332 g/mol. The lowest BCUT2D eigenvalue weighted by atomic mass is 10.1. The SMILES string of the molecule is CC(C)(C)OC(=O)NN(C(=O)OC(C)(C)C)c1ccc2ccccc2c1. The molecule has 2 aromatic rings. The number of ether oxygens (including phenoxy) is 2. The van der Waals surface area contributed by atoms with Gasteiger partial charge in [-0.3, -0.25) is 0 Å². The highest BCUT2D eigenvalue weighted by Gasteiger charge is 2.27. The van der Waals surface area contributed by atoms with E-state index in [0.29, 0.717) is 5.69 Å². The molecule has 0 aliphatic carbocycles. The maximum Gasteiger partial charge on any atom is 0.434 e. The van der Waals surface area contributed by atoms with Crippen LogP contribution in [-0.4, -0.2) is 23.4 Å². The van der Waals surface area contributed by atoms with Gasteiger partial charge < -0.3 is 9.47 Å². The Bertz CT molecular complexity index is 803. The number of anilines is 1. The van der Waals surface area contributed by atoms with Gasteiger partial charge in [-0.2, -0.15) is 5.01 Å². The molecule has 26 heavy (non-hydrogen) atoms. The van der Waals surface area contributed by atoms with Crippen LogP contribution in [0, 0.1) is 0 Å². The van der Waals surface area contributed by atoms with Crippen molar-refractivity contribution in [2.75, 3.05) is 5.01 Å². The van der Waals surface area contributed by atoms with E-state index in [-0.39, 0.29) is 0 Å². The van der Waals surface area contributed by atoms with Crippen molar-refractivity contribution < 1.29 is 19.1 Å². The van der Waals surface area contributed by atoms with Gasteiger partial charge in [0.2, 0.25) is 0 Å². The van der Waals surface area contributed by atoms with Gasteiger partial charge in [-0.25, -0.2) is 15.0 Å². The van der Waals surface area contributed by atoms with Gasteiger partial charge in [0.05, 0.1) is 5.69 Å². The fourth-order valence-electron chi connectivity index (χ4n) is 2.23. The number of nitrogens with zero attached hydrogens (tertiary/aromatic N) is 1. The van der Waals surface area contributed by atoms with E-state index < -0.39 is 23.4 Å². The van der Waals surface area contributed by atoms with Gasteiger partial charge in [0, 0.05) is 0 Å². The van der Waals surface area contributed by atoms with E-state index in [4.69, 9.17) is 9.47 Å². The molecule has 0 atom stereocenters. The molecule has 0 bridgehead atoms. The lowest BCUT2D eigenvalue weighted by Gasteiger charge is -2.29. The maximum atomic E-state index is 12.6. The number of hydrogen-bond acceptors (Lipinski definition) is 4. The predicted octanol–water partition coefficient (Wildman–Crippen LogP) is 5.02. The minimum atomic E-state index is -0.739. The lowest BCUT2D eigenvalue weighted by molar-refractivity contribution is 0.0425. The van der Waals surface area contributed by atoms with Gasteiger partial charge in [-0.1, -0.05) is 30.3 Å². The van der Waals surface area contributed by atoms with Gasteiger partial charge in [0.1, 0.15) is 11.2 Å². The molecular formula is C20H26N2O4. The van der Waals surface area contributed by atoms with Crippen LogP contribution in [0.4, 0.5) is 15.3 Å². The Kier molecular flexibility index (Phi) is 5.44. The Morgan fingerprint density at radius 2 is 1.42 bits per heavy atom. The summed E-state index contributed by atoms with van der Waals surface area (Å²) in [4.78, 5) is 24.8. The van der Waals surface area contributed by atoms with E-state index in [1.165, 1.54) is 0 Å².